The minimum absolute atomic E-state index is 0. The predicted molar refractivity (Wildman–Crippen MR) is 26.8 cm³/mol. The second-order valence-corrected chi connectivity index (χ2v) is 0.532. The van der Waals surface area contributed by atoms with Crippen molar-refractivity contribution in [3.63, 3.8) is 0 Å². The second-order valence-electron chi connectivity index (χ2n) is 0.532. The third kappa shape index (κ3) is 530. The molecule has 0 aliphatic rings. The topological polar surface area (TPSA) is 156 Å². The number of hydrogen-bond donors (Lipinski definition) is 3. The summed E-state index contributed by atoms with van der Waals surface area (Å²) >= 11 is 0. The molecule has 0 saturated carbocycles. The molecule has 0 fully saturated rings. The molecule has 8 heteroatoms. The van der Waals surface area contributed by atoms with Crippen molar-refractivity contribution >= 4 is 35.4 Å². The molecule has 0 aliphatic heterocycles. The SMILES string of the molecule is N.O=C([O-])O.O=C([O-])O.[Mg+2]. The van der Waals surface area contributed by atoms with E-state index in [1.54, 1.807) is 0 Å². The van der Waals surface area contributed by atoms with Gasteiger partial charge in [0.05, 0.1) is 0 Å². The zero-order chi connectivity index (χ0) is 7.15. The van der Waals surface area contributed by atoms with Crippen molar-refractivity contribution in [3.05, 3.63) is 0 Å². The molecule has 10 heavy (non-hydrogen) atoms. The molecule has 0 radical (unpaired) electrons. The predicted octanol–water partition coefficient (Wildman–Crippen LogP) is -2.44. The van der Waals surface area contributed by atoms with Gasteiger partial charge in [-0.05, 0) is 0 Å². The summed E-state index contributed by atoms with van der Waals surface area (Å²) in [4.78, 5) is 16.9. The fourth-order valence-corrected chi connectivity index (χ4v) is 0. The summed E-state index contributed by atoms with van der Waals surface area (Å²) in [6.45, 7) is 0. The summed E-state index contributed by atoms with van der Waals surface area (Å²) in [6, 6.07) is 0. The second kappa shape index (κ2) is 15.7. The van der Waals surface area contributed by atoms with E-state index in [-0.39, 0.29) is 29.2 Å². The number of carbonyl (C=O) groups is 2. The van der Waals surface area contributed by atoms with E-state index >= 15 is 0 Å². The van der Waals surface area contributed by atoms with Crippen LogP contribution in [0.1, 0.15) is 0 Å². The average Bonchev–Trinajstić information content (AvgIpc) is 1.25. The van der Waals surface area contributed by atoms with Crippen LogP contribution in [0.3, 0.4) is 0 Å². The summed E-state index contributed by atoms with van der Waals surface area (Å²) < 4.78 is 0. The van der Waals surface area contributed by atoms with Crippen molar-refractivity contribution in [3.8, 4) is 0 Å². The zero-order valence-corrected chi connectivity index (χ0v) is 6.36. The van der Waals surface area contributed by atoms with E-state index in [0.717, 1.165) is 0 Å². The molecule has 0 heterocycles. The summed E-state index contributed by atoms with van der Waals surface area (Å²) in [5.74, 6) is 0. The van der Waals surface area contributed by atoms with Crippen molar-refractivity contribution in [1.29, 1.82) is 0 Å². The maximum absolute atomic E-state index is 8.44. The fraction of sp³-hybridized carbons (Fsp3) is 0. The van der Waals surface area contributed by atoms with E-state index in [1.807, 2.05) is 0 Å². The van der Waals surface area contributed by atoms with Crippen LogP contribution in [-0.4, -0.2) is 45.6 Å². The molecule has 0 amide bonds. The largest absolute Gasteiger partial charge is 2.00 e. The molecule has 0 aromatic rings. The molecule has 0 aliphatic carbocycles. The van der Waals surface area contributed by atoms with Crippen molar-refractivity contribution in [2.75, 3.05) is 0 Å². The Balaban J connectivity index is -0.0000000300. The molecular weight excluding hydrogens is 158 g/mol. The van der Waals surface area contributed by atoms with Gasteiger partial charge in [0.2, 0.25) is 12.3 Å². The van der Waals surface area contributed by atoms with Gasteiger partial charge in [0.1, 0.15) is 0 Å². The molecule has 56 valence electrons. The standard InChI is InChI=1S/2CH2O3.Mg.H3N/c2*2-1(3)4;;/h2*(H2,2,3,4);;1H3/q;;+2;/p-2. The number of hydrogen-bond acceptors (Lipinski definition) is 5. The van der Waals surface area contributed by atoms with Crippen LogP contribution in [-0.2, 0) is 0 Å². The van der Waals surface area contributed by atoms with E-state index < -0.39 is 12.3 Å². The molecule has 7 nitrogen and oxygen atoms in total. The van der Waals surface area contributed by atoms with Crippen molar-refractivity contribution in [2.24, 2.45) is 0 Å². The number of rotatable bonds is 0. The van der Waals surface area contributed by atoms with E-state index in [2.05, 4.69) is 0 Å². The smallest absolute Gasteiger partial charge is 0.565 e. The van der Waals surface area contributed by atoms with Gasteiger partial charge < -0.3 is 36.2 Å². The van der Waals surface area contributed by atoms with E-state index in [9.17, 15) is 0 Å². The van der Waals surface area contributed by atoms with Gasteiger partial charge in [-0.2, -0.15) is 0 Å². The van der Waals surface area contributed by atoms with E-state index in [1.165, 1.54) is 0 Å². The van der Waals surface area contributed by atoms with Crippen LogP contribution in [0, 0.1) is 0 Å². The van der Waals surface area contributed by atoms with Crippen molar-refractivity contribution in [1.82, 2.24) is 6.15 Å². The third-order valence-corrected chi connectivity index (χ3v) is 0. The summed E-state index contributed by atoms with van der Waals surface area (Å²) in [6.07, 6.45) is -4.17. The van der Waals surface area contributed by atoms with Gasteiger partial charge in [0.15, 0.2) is 0 Å². The van der Waals surface area contributed by atoms with Crippen LogP contribution in [0.15, 0.2) is 0 Å². The zero-order valence-electron chi connectivity index (χ0n) is 4.94. The minimum atomic E-state index is -2.08. The Hall–Kier alpha value is -0.734. The molecular formula is C2H5MgNO6. The van der Waals surface area contributed by atoms with Crippen molar-refractivity contribution in [2.45, 2.75) is 0 Å². The molecule has 0 saturated heterocycles. The van der Waals surface area contributed by atoms with E-state index in [4.69, 9.17) is 30.0 Å². The summed E-state index contributed by atoms with van der Waals surface area (Å²) in [7, 11) is 0. The monoisotopic (exact) mass is 163 g/mol. The first-order chi connectivity index (χ1) is 3.46. The Kier molecular flexibility index (Phi) is 35.9. The molecule has 5 N–H and O–H groups in total. The van der Waals surface area contributed by atoms with Gasteiger partial charge in [-0.25, -0.2) is 0 Å². The van der Waals surface area contributed by atoms with Crippen LogP contribution in [0.4, 0.5) is 9.59 Å². The quantitative estimate of drug-likeness (QED) is 0.335. The van der Waals surface area contributed by atoms with Gasteiger partial charge in [0.25, 0.3) is 0 Å². The molecule has 0 bridgehead atoms. The molecule has 0 unspecified atom stereocenters. The summed E-state index contributed by atoms with van der Waals surface area (Å²) in [5, 5.41) is 30.6. The first-order valence-corrected chi connectivity index (χ1v) is 1.26. The van der Waals surface area contributed by atoms with Gasteiger partial charge in [-0.3, -0.25) is 0 Å². The Bertz CT molecular complexity index is 73.7. The minimum Gasteiger partial charge on any atom is -0.565 e. The van der Waals surface area contributed by atoms with Crippen molar-refractivity contribution < 1.29 is 30.0 Å². The Labute approximate surface area is 72.0 Å². The normalized spacial score (nSPS) is 4.80. The van der Waals surface area contributed by atoms with Gasteiger partial charge >= 0.3 is 23.1 Å². The fourth-order valence-electron chi connectivity index (χ4n) is 0. The van der Waals surface area contributed by atoms with Crippen LogP contribution in [0.2, 0.25) is 0 Å². The summed E-state index contributed by atoms with van der Waals surface area (Å²) in [5.41, 5.74) is 0. The molecule has 0 spiro atoms. The van der Waals surface area contributed by atoms with Crippen LogP contribution >= 0.6 is 0 Å². The number of carboxylic acid groups (broad SMARTS) is 4. The Morgan fingerprint density at radius 1 is 1.00 bits per heavy atom. The Morgan fingerprint density at radius 3 is 1.00 bits per heavy atom. The molecule has 0 aromatic heterocycles. The van der Waals surface area contributed by atoms with E-state index in [0.29, 0.717) is 0 Å². The molecule has 0 atom stereocenters. The maximum Gasteiger partial charge on any atom is 2.00 e. The van der Waals surface area contributed by atoms with Crippen LogP contribution < -0.4 is 16.4 Å². The molecule has 0 aromatic carbocycles. The molecule has 0 rings (SSSR count). The van der Waals surface area contributed by atoms with Crippen LogP contribution in [0.25, 0.3) is 0 Å². The van der Waals surface area contributed by atoms with Gasteiger partial charge in [-0.15, -0.1) is 0 Å². The van der Waals surface area contributed by atoms with Crippen LogP contribution in [0.5, 0.6) is 0 Å². The van der Waals surface area contributed by atoms with Gasteiger partial charge in [-0.1, -0.05) is 0 Å². The third-order valence-electron chi connectivity index (χ3n) is 0. The average molecular weight is 163 g/mol. The Morgan fingerprint density at radius 2 is 1.00 bits per heavy atom. The first-order valence-electron chi connectivity index (χ1n) is 1.26. The maximum atomic E-state index is 8.44. The first kappa shape index (κ1) is 22.8. The van der Waals surface area contributed by atoms with Gasteiger partial charge in [0, 0.05) is 0 Å².